The Morgan fingerprint density at radius 3 is 2.47 bits per heavy atom. The van der Waals surface area contributed by atoms with Crippen molar-refractivity contribution in [2.45, 2.75) is 72.1 Å². The molecule has 1 rings (SSSR count). The third-order valence-corrected chi connectivity index (χ3v) is 4.34. The molecule has 19 heavy (non-hydrogen) atoms. The molecule has 3 N–H and O–H groups in total. The maximum absolute atomic E-state index is 9.96. The molecule has 0 bridgehead atoms. The van der Waals surface area contributed by atoms with Gasteiger partial charge in [0.05, 0.1) is 18.8 Å². The standard InChI is InChI=1S/C16H33NO2/c1-11(2)15-7-6-13(5)8-16(15)19-10-14(18)9-17-12(3)4/h11-18H,6-10H2,1-5H3/p+1. The maximum Gasteiger partial charge on any atom is 0.126 e. The Balaban J connectivity index is 2.35. The van der Waals surface area contributed by atoms with Gasteiger partial charge < -0.3 is 15.2 Å². The quantitative estimate of drug-likeness (QED) is 0.742. The van der Waals surface area contributed by atoms with Crippen molar-refractivity contribution in [1.29, 1.82) is 0 Å². The minimum absolute atomic E-state index is 0.340. The molecule has 0 spiro atoms. The number of nitrogens with two attached hydrogens (primary N) is 1. The first-order valence-electron chi connectivity index (χ1n) is 8.03. The fourth-order valence-corrected chi connectivity index (χ4v) is 3.04. The molecule has 4 unspecified atom stereocenters. The minimum atomic E-state index is -0.340. The van der Waals surface area contributed by atoms with Gasteiger partial charge in [0.25, 0.3) is 0 Å². The first kappa shape index (κ1) is 16.9. The minimum Gasteiger partial charge on any atom is -0.385 e. The number of ether oxygens (including phenoxy) is 1. The van der Waals surface area contributed by atoms with E-state index in [1.54, 1.807) is 0 Å². The maximum atomic E-state index is 9.96. The summed E-state index contributed by atoms with van der Waals surface area (Å²) in [6.45, 7) is 12.4. The highest BCUT2D eigenvalue weighted by molar-refractivity contribution is 4.81. The summed E-state index contributed by atoms with van der Waals surface area (Å²) in [4.78, 5) is 0. The smallest absolute Gasteiger partial charge is 0.126 e. The summed E-state index contributed by atoms with van der Waals surface area (Å²) in [6, 6.07) is 0.535. The van der Waals surface area contributed by atoms with Crippen LogP contribution in [0.3, 0.4) is 0 Å². The van der Waals surface area contributed by atoms with Crippen molar-refractivity contribution >= 4 is 0 Å². The first-order valence-corrected chi connectivity index (χ1v) is 8.03. The number of quaternary nitrogens is 1. The summed E-state index contributed by atoms with van der Waals surface area (Å²) in [5.74, 6) is 2.11. The zero-order valence-electron chi connectivity index (χ0n) is 13.4. The van der Waals surface area contributed by atoms with Crippen molar-refractivity contribution in [3.05, 3.63) is 0 Å². The van der Waals surface area contributed by atoms with E-state index in [0.717, 1.165) is 18.9 Å². The summed E-state index contributed by atoms with van der Waals surface area (Å²) in [5.41, 5.74) is 0. The topological polar surface area (TPSA) is 46.1 Å². The SMILES string of the molecule is CC1CCC(C(C)C)C(OCC(O)C[NH2+]C(C)C)C1. The second kappa shape index (κ2) is 8.23. The molecule has 1 aliphatic carbocycles. The molecule has 1 fully saturated rings. The Hall–Kier alpha value is -0.120. The largest absolute Gasteiger partial charge is 0.385 e. The van der Waals surface area contributed by atoms with Gasteiger partial charge in [0.2, 0.25) is 0 Å². The van der Waals surface area contributed by atoms with Gasteiger partial charge in [-0.2, -0.15) is 0 Å². The molecule has 4 atom stereocenters. The highest BCUT2D eigenvalue weighted by Gasteiger charge is 2.31. The monoisotopic (exact) mass is 272 g/mol. The molecule has 0 amide bonds. The number of hydrogen-bond acceptors (Lipinski definition) is 2. The Bertz CT molecular complexity index is 243. The Morgan fingerprint density at radius 1 is 1.21 bits per heavy atom. The molecule has 3 nitrogen and oxygen atoms in total. The normalized spacial score (nSPS) is 30.0. The van der Waals surface area contributed by atoms with Crippen LogP contribution >= 0.6 is 0 Å². The van der Waals surface area contributed by atoms with Crippen molar-refractivity contribution in [2.75, 3.05) is 13.2 Å². The summed E-state index contributed by atoms with van der Waals surface area (Å²) in [5, 5.41) is 12.1. The molecule has 1 saturated carbocycles. The van der Waals surface area contributed by atoms with Crippen LogP contribution in [0.5, 0.6) is 0 Å². The van der Waals surface area contributed by atoms with Gasteiger partial charge in [0.1, 0.15) is 12.6 Å². The Kier molecular flexibility index (Phi) is 7.33. The number of aliphatic hydroxyl groups is 1. The summed E-state index contributed by atoms with van der Waals surface area (Å²) < 4.78 is 6.05. The van der Waals surface area contributed by atoms with Gasteiger partial charge in [-0.3, -0.25) is 0 Å². The molecule has 0 heterocycles. The fourth-order valence-electron chi connectivity index (χ4n) is 3.04. The van der Waals surface area contributed by atoms with E-state index in [2.05, 4.69) is 39.9 Å². The van der Waals surface area contributed by atoms with Crippen molar-refractivity contribution < 1.29 is 15.2 Å². The average Bonchev–Trinajstić information content (AvgIpc) is 2.33. The number of rotatable bonds is 7. The number of hydrogen-bond donors (Lipinski definition) is 2. The summed E-state index contributed by atoms with van der Waals surface area (Å²) in [7, 11) is 0. The lowest BCUT2D eigenvalue weighted by atomic mass is 9.75. The van der Waals surface area contributed by atoms with E-state index in [0.29, 0.717) is 30.6 Å². The van der Waals surface area contributed by atoms with Gasteiger partial charge in [0, 0.05) is 0 Å². The van der Waals surface area contributed by atoms with Gasteiger partial charge >= 0.3 is 0 Å². The van der Waals surface area contributed by atoms with Crippen molar-refractivity contribution in [2.24, 2.45) is 17.8 Å². The predicted octanol–water partition coefficient (Wildman–Crippen LogP) is 1.80. The van der Waals surface area contributed by atoms with Crippen LogP contribution in [0, 0.1) is 17.8 Å². The first-order chi connectivity index (χ1) is 8.90. The van der Waals surface area contributed by atoms with E-state index >= 15 is 0 Å². The molecule has 0 aromatic carbocycles. The molecule has 0 aliphatic heterocycles. The van der Waals surface area contributed by atoms with Crippen LogP contribution in [-0.2, 0) is 4.74 Å². The van der Waals surface area contributed by atoms with Gasteiger partial charge in [-0.25, -0.2) is 0 Å². The summed E-state index contributed by atoms with van der Waals surface area (Å²) in [6.07, 6.45) is 3.76. The van der Waals surface area contributed by atoms with Crippen LogP contribution in [-0.4, -0.2) is 36.5 Å². The van der Waals surface area contributed by atoms with E-state index in [4.69, 9.17) is 4.74 Å². The lowest BCUT2D eigenvalue weighted by Gasteiger charge is -2.37. The molecule has 0 radical (unpaired) electrons. The van der Waals surface area contributed by atoms with Crippen LogP contribution in [0.2, 0.25) is 0 Å². The molecule has 0 aromatic rings. The van der Waals surface area contributed by atoms with E-state index in [1.807, 2.05) is 0 Å². The average molecular weight is 272 g/mol. The second-order valence-electron chi connectivity index (χ2n) is 7.07. The molecule has 3 heteroatoms. The highest BCUT2D eigenvalue weighted by Crippen LogP contribution is 2.35. The zero-order chi connectivity index (χ0) is 14.4. The van der Waals surface area contributed by atoms with Crippen LogP contribution in [0.15, 0.2) is 0 Å². The summed E-state index contributed by atoms with van der Waals surface area (Å²) >= 11 is 0. The van der Waals surface area contributed by atoms with E-state index in [-0.39, 0.29) is 6.10 Å². The lowest BCUT2D eigenvalue weighted by Crippen LogP contribution is -2.90. The van der Waals surface area contributed by atoms with Gasteiger partial charge in [-0.1, -0.05) is 27.2 Å². The van der Waals surface area contributed by atoms with Crippen molar-refractivity contribution in [3.63, 3.8) is 0 Å². The number of aliphatic hydroxyl groups excluding tert-OH is 1. The van der Waals surface area contributed by atoms with Gasteiger partial charge in [0.15, 0.2) is 0 Å². The van der Waals surface area contributed by atoms with Crippen LogP contribution in [0.1, 0.15) is 53.9 Å². The van der Waals surface area contributed by atoms with E-state index in [9.17, 15) is 5.11 Å². The Morgan fingerprint density at radius 2 is 1.89 bits per heavy atom. The molecule has 0 aromatic heterocycles. The van der Waals surface area contributed by atoms with Gasteiger partial charge in [-0.15, -0.1) is 0 Å². The zero-order valence-corrected chi connectivity index (χ0v) is 13.4. The molecule has 114 valence electrons. The van der Waals surface area contributed by atoms with E-state index in [1.165, 1.54) is 12.8 Å². The highest BCUT2D eigenvalue weighted by atomic mass is 16.5. The third-order valence-electron chi connectivity index (χ3n) is 4.34. The fraction of sp³-hybridized carbons (Fsp3) is 1.00. The van der Waals surface area contributed by atoms with Crippen LogP contribution < -0.4 is 5.32 Å². The van der Waals surface area contributed by atoms with Crippen molar-refractivity contribution in [1.82, 2.24) is 0 Å². The molecule has 1 aliphatic rings. The molecular formula is C16H34NO2+. The lowest BCUT2D eigenvalue weighted by molar-refractivity contribution is -0.688. The van der Waals surface area contributed by atoms with E-state index < -0.39 is 0 Å². The van der Waals surface area contributed by atoms with Crippen LogP contribution in [0.4, 0.5) is 0 Å². The third kappa shape index (κ3) is 6.24. The Labute approximate surface area is 119 Å². The predicted molar refractivity (Wildman–Crippen MR) is 79.0 cm³/mol. The van der Waals surface area contributed by atoms with Gasteiger partial charge in [-0.05, 0) is 44.4 Å². The van der Waals surface area contributed by atoms with Crippen LogP contribution in [0.25, 0.3) is 0 Å². The molecular weight excluding hydrogens is 238 g/mol. The van der Waals surface area contributed by atoms with Crippen molar-refractivity contribution in [3.8, 4) is 0 Å². The second-order valence-corrected chi connectivity index (χ2v) is 7.07. The molecule has 0 saturated heterocycles.